The Hall–Kier alpha value is -1.18. The second-order valence-electron chi connectivity index (χ2n) is 5.60. The molecular weight excluding hydrogens is 295 g/mol. The van der Waals surface area contributed by atoms with Gasteiger partial charge in [0.1, 0.15) is 5.82 Å². The minimum absolute atomic E-state index is 0.0322. The van der Waals surface area contributed by atoms with Gasteiger partial charge >= 0.3 is 0 Å². The first-order chi connectivity index (χ1) is 9.78. The van der Waals surface area contributed by atoms with Crippen LogP contribution in [0.3, 0.4) is 0 Å². The van der Waals surface area contributed by atoms with E-state index in [1.807, 2.05) is 0 Å². The topological polar surface area (TPSA) is 83.6 Å². The molecule has 0 radical (unpaired) electrons. The number of hydrogen-bond acceptors (Lipinski definition) is 4. The van der Waals surface area contributed by atoms with Crippen LogP contribution < -0.4 is 5.73 Å². The Labute approximate surface area is 124 Å². The van der Waals surface area contributed by atoms with Crippen molar-refractivity contribution in [2.45, 2.75) is 31.6 Å². The van der Waals surface area contributed by atoms with Gasteiger partial charge in [0.05, 0.1) is 10.6 Å². The highest BCUT2D eigenvalue weighted by Crippen LogP contribution is 2.31. The van der Waals surface area contributed by atoms with E-state index >= 15 is 0 Å². The van der Waals surface area contributed by atoms with Crippen LogP contribution in [0, 0.1) is 25.6 Å². The number of anilines is 1. The second-order valence-corrected chi connectivity index (χ2v) is 7.47. The van der Waals surface area contributed by atoms with Crippen molar-refractivity contribution in [1.82, 2.24) is 4.31 Å². The monoisotopic (exact) mass is 316 g/mol. The van der Waals surface area contributed by atoms with Crippen LogP contribution in [-0.4, -0.2) is 37.5 Å². The number of sulfonamides is 1. The highest BCUT2D eigenvalue weighted by molar-refractivity contribution is 7.89. The molecule has 1 unspecified atom stereocenters. The van der Waals surface area contributed by atoms with Crippen molar-refractivity contribution in [2.24, 2.45) is 5.92 Å². The van der Waals surface area contributed by atoms with Crippen LogP contribution >= 0.6 is 0 Å². The van der Waals surface area contributed by atoms with Crippen molar-refractivity contribution in [3.05, 3.63) is 23.0 Å². The average molecular weight is 316 g/mol. The normalized spacial score (nSPS) is 20.7. The number of nitrogens with two attached hydrogens (primary N) is 1. The number of piperidine rings is 1. The van der Waals surface area contributed by atoms with Crippen molar-refractivity contribution in [2.75, 3.05) is 25.4 Å². The maximum atomic E-state index is 13.6. The molecule has 118 valence electrons. The Balaban J connectivity index is 2.47. The quantitative estimate of drug-likeness (QED) is 0.826. The summed E-state index contributed by atoms with van der Waals surface area (Å²) in [6.07, 6.45) is 1.52. The van der Waals surface area contributed by atoms with Crippen LogP contribution in [0.5, 0.6) is 0 Å². The third kappa shape index (κ3) is 2.90. The van der Waals surface area contributed by atoms with Crippen LogP contribution in [0.2, 0.25) is 0 Å². The number of aliphatic hydroxyl groups excluding tert-OH is 1. The van der Waals surface area contributed by atoms with Crippen molar-refractivity contribution in [3.63, 3.8) is 0 Å². The molecule has 1 aromatic rings. The van der Waals surface area contributed by atoms with Gasteiger partial charge in [0.2, 0.25) is 10.0 Å². The fraction of sp³-hybridized carbons (Fsp3) is 0.571. The third-order valence-electron chi connectivity index (χ3n) is 4.04. The number of rotatable bonds is 3. The van der Waals surface area contributed by atoms with Crippen LogP contribution in [0.25, 0.3) is 0 Å². The van der Waals surface area contributed by atoms with E-state index in [4.69, 9.17) is 5.73 Å². The lowest BCUT2D eigenvalue weighted by Gasteiger charge is -2.32. The SMILES string of the molecule is Cc1cc(F)c(N)c(C)c1S(=O)(=O)N1CCCC(CO)C1. The molecule has 0 aliphatic carbocycles. The number of hydrogen-bond donors (Lipinski definition) is 2. The lowest BCUT2D eigenvalue weighted by atomic mass is 10.0. The summed E-state index contributed by atoms with van der Waals surface area (Å²) in [5, 5.41) is 9.24. The van der Waals surface area contributed by atoms with E-state index in [2.05, 4.69) is 0 Å². The smallest absolute Gasteiger partial charge is 0.243 e. The van der Waals surface area contributed by atoms with Gasteiger partial charge in [-0.1, -0.05) is 0 Å². The van der Waals surface area contributed by atoms with Gasteiger partial charge in [-0.05, 0) is 49.8 Å². The molecule has 0 bridgehead atoms. The molecule has 1 atom stereocenters. The molecule has 5 nitrogen and oxygen atoms in total. The minimum atomic E-state index is -3.73. The minimum Gasteiger partial charge on any atom is -0.396 e. The zero-order valence-corrected chi connectivity index (χ0v) is 13.1. The summed E-state index contributed by atoms with van der Waals surface area (Å²) < 4.78 is 40.6. The van der Waals surface area contributed by atoms with Crippen LogP contribution in [-0.2, 0) is 10.0 Å². The predicted octanol–water partition coefficient (Wildman–Crippen LogP) is 1.42. The van der Waals surface area contributed by atoms with E-state index in [-0.39, 0.29) is 35.2 Å². The van der Waals surface area contributed by atoms with Gasteiger partial charge < -0.3 is 10.8 Å². The van der Waals surface area contributed by atoms with Crippen molar-refractivity contribution >= 4 is 15.7 Å². The maximum absolute atomic E-state index is 13.6. The Kier molecular flexibility index (Phi) is 4.55. The van der Waals surface area contributed by atoms with Crippen molar-refractivity contribution < 1.29 is 17.9 Å². The molecule has 0 aromatic heterocycles. The van der Waals surface area contributed by atoms with Gasteiger partial charge in [-0.25, -0.2) is 12.8 Å². The molecule has 1 heterocycles. The lowest BCUT2D eigenvalue weighted by Crippen LogP contribution is -2.41. The molecule has 1 aromatic carbocycles. The van der Waals surface area contributed by atoms with E-state index in [1.54, 1.807) is 6.92 Å². The highest BCUT2D eigenvalue weighted by atomic mass is 32.2. The van der Waals surface area contributed by atoms with E-state index < -0.39 is 15.8 Å². The molecule has 1 aliphatic heterocycles. The zero-order valence-electron chi connectivity index (χ0n) is 12.3. The standard InChI is InChI=1S/C14H21FN2O3S/c1-9-6-12(15)13(16)10(2)14(9)21(19,20)17-5-3-4-11(7-17)8-18/h6,11,18H,3-5,7-8,16H2,1-2H3. The number of nitrogen functional groups attached to an aromatic ring is 1. The summed E-state index contributed by atoms with van der Waals surface area (Å²) in [5.74, 6) is -0.650. The first-order valence-corrected chi connectivity index (χ1v) is 8.39. The van der Waals surface area contributed by atoms with Gasteiger partial charge in [-0.2, -0.15) is 4.31 Å². The molecule has 21 heavy (non-hydrogen) atoms. The fourth-order valence-corrected chi connectivity index (χ4v) is 4.85. The van der Waals surface area contributed by atoms with Gasteiger partial charge in [-0.3, -0.25) is 0 Å². The van der Waals surface area contributed by atoms with E-state index in [1.165, 1.54) is 11.2 Å². The van der Waals surface area contributed by atoms with Crippen molar-refractivity contribution in [3.8, 4) is 0 Å². The van der Waals surface area contributed by atoms with Gasteiger partial charge in [-0.15, -0.1) is 0 Å². The fourth-order valence-electron chi connectivity index (χ4n) is 2.85. The summed E-state index contributed by atoms with van der Waals surface area (Å²) in [7, 11) is -3.73. The largest absolute Gasteiger partial charge is 0.396 e. The lowest BCUT2D eigenvalue weighted by molar-refractivity contribution is 0.165. The second kappa shape index (κ2) is 5.90. The van der Waals surface area contributed by atoms with E-state index in [0.29, 0.717) is 18.5 Å². The van der Waals surface area contributed by atoms with E-state index in [0.717, 1.165) is 12.5 Å². The Bertz CT molecular complexity index is 646. The zero-order chi connectivity index (χ0) is 15.8. The van der Waals surface area contributed by atoms with Gasteiger partial charge in [0, 0.05) is 19.7 Å². The molecule has 0 saturated carbocycles. The number of benzene rings is 1. The molecule has 2 rings (SSSR count). The first kappa shape index (κ1) is 16.2. The average Bonchev–Trinajstić information content (AvgIpc) is 2.44. The first-order valence-electron chi connectivity index (χ1n) is 6.95. The highest BCUT2D eigenvalue weighted by Gasteiger charge is 2.33. The summed E-state index contributed by atoms with van der Waals surface area (Å²) in [6.45, 7) is 3.75. The summed E-state index contributed by atoms with van der Waals surface area (Å²) in [5.41, 5.74) is 6.10. The van der Waals surface area contributed by atoms with Crippen LogP contribution in [0.15, 0.2) is 11.0 Å². The molecule has 0 amide bonds. The number of nitrogens with zero attached hydrogens (tertiary/aromatic N) is 1. The van der Waals surface area contributed by atoms with Gasteiger partial charge in [0.25, 0.3) is 0 Å². The number of halogens is 1. The Morgan fingerprint density at radius 1 is 1.48 bits per heavy atom. The molecule has 1 aliphatic rings. The summed E-state index contributed by atoms with van der Waals surface area (Å²) in [4.78, 5) is 0.0833. The Morgan fingerprint density at radius 2 is 2.14 bits per heavy atom. The van der Waals surface area contributed by atoms with Crippen LogP contribution in [0.4, 0.5) is 10.1 Å². The number of aliphatic hydroxyl groups is 1. The van der Waals surface area contributed by atoms with Crippen LogP contribution in [0.1, 0.15) is 24.0 Å². The maximum Gasteiger partial charge on any atom is 0.243 e. The molecule has 3 N–H and O–H groups in total. The van der Waals surface area contributed by atoms with E-state index in [9.17, 15) is 17.9 Å². The molecule has 7 heteroatoms. The van der Waals surface area contributed by atoms with Crippen molar-refractivity contribution in [1.29, 1.82) is 0 Å². The third-order valence-corrected chi connectivity index (χ3v) is 6.20. The molecule has 0 spiro atoms. The summed E-state index contributed by atoms with van der Waals surface area (Å²) >= 11 is 0. The molecular formula is C14H21FN2O3S. The predicted molar refractivity (Wildman–Crippen MR) is 78.9 cm³/mol. The molecule has 1 fully saturated rings. The number of aryl methyl sites for hydroxylation is 1. The van der Waals surface area contributed by atoms with Gasteiger partial charge in [0.15, 0.2) is 0 Å². The Morgan fingerprint density at radius 3 is 2.76 bits per heavy atom. The summed E-state index contributed by atoms with van der Waals surface area (Å²) in [6, 6.07) is 1.16. The molecule has 1 saturated heterocycles.